The minimum atomic E-state index is -0.726. The third-order valence-electron chi connectivity index (χ3n) is 2.54. The second-order valence-corrected chi connectivity index (χ2v) is 3.50. The summed E-state index contributed by atoms with van der Waals surface area (Å²) < 4.78 is 13.5. The summed E-state index contributed by atoms with van der Waals surface area (Å²) in [7, 11) is 0. The zero-order valence-corrected chi connectivity index (χ0v) is 8.77. The zero-order chi connectivity index (χ0) is 9.10. The molecule has 0 bridgehead atoms. The maximum absolute atomic E-state index is 13.5. The van der Waals surface area contributed by atoms with Crippen molar-refractivity contribution in [3.63, 3.8) is 0 Å². The fourth-order valence-electron chi connectivity index (χ4n) is 1.84. The van der Waals surface area contributed by atoms with Gasteiger partial charge in [0.25, 0.3) is 0 Å². The van der Waals surface area contributed by atoms with Crippen LogP contribution in [-0.2, 0) is 0 Å². The maximum atomic E-state index is 13.5. The molecule has 2 atom stereocenters. The molecule has 1 aromatic carbocycles. The third kappa shape index (κ3) is 2.46. The summed E-state index contributed by atoms with van der Waals surface area (Å²) in [4.78, 5) is 0. The zero-order valence-electron chi connectivity index (χ0n) is 7.95. The summed E-state index contributed by atoms with van der Waals surface area (Å²) in [5, 5.41) is 3.21. The van der Waals surface area contributed by atoms with E-state index < -0.39 is 6.17 Å². The third-order valence-corrected chi connectivity index (χ3v) is 2.54. The molecule has 0 aromatic heterocycles. The highest BCUT2D eigenvalue weighted by Gasteiger charge is 2.24. The predicted molar refractivity (Wildman–Crippen MR) is 58.6 cm³/mol. The highest BCUT2D eigenvalue weighted by molar-refractivity contribution is 5.85. The molecule has 2 rings (SSSR count). The molecule has 1 heterocycles. The van der Waals surface area contributed by atoms with Crippen LogP contribution < -0.4 is 5.32 Å². The molecule has 0 spiro atoms. The summed E-state index contributed by atoms with van der Waals surface area (Å²) in [5.41, 5.74) is 1.06. The molecule has 1 nitrogen and oxygen atoms in total. The van der Waals surface area contributed by atoms with Gasteiger partial charge in [-0.15, -0.1) is 12.4 Å². The van der Waals surface area contributed by atoms with E-state index >= 15 is 0 Å². The first-order valence-corrected chi connectivity index (χ1v) is 4.80. The molecule has 0 aliphatic carbocycles. The molecule has 1 aliphatic heterocycles. The van der Waals surface area contributed by atoms with Crippen LogP contribution in [0.3, 0.4) is 0 Å². The molecule has 14 heavy (non-hydrogen) atoms. The second-order valence-electron chi connectivity index (χ2n) is 3.50. The molecule has 3 heteroatoms. The number of rotatable bonds is 1. The van der Waals surface area contributed by atoms with Gasteiger partial charge in [0.15, 0.2) is 0 Å². The summed E-state index contributed by atoms with van der Waals surface area (Å²) >= 11 is 0. The van der Waals surface area contributed by atoms with E-state index in [1.165, 1.54) is 0 Å². The normalized spacial score (nSPS) is 26.6. The van der Waals surface area contributed by atoms with Crippen molar-refractivity contribution in [1.82, 2.24) is 5.32 Å². The maximum Gasteiger partial charge on any atom is 0.120 e. The molecular formula is C11H15ClFN. The predicted octanol–water partition coefficient (Wildman–Crippen LogP) is 2.87. The van der Waals surface area contributed by atoms with Crippen LogP contribution in [0.25, 0.3) is 0 Å². The van der Waals surface area contributed by atoms with E-state index in [9.17, 15) is 4.39 Å². The fraction of sp³-hybridized carbons (Fsp3) is 0.455. The highest BCUT2D eigenvalue weighted by Crippen LogP contribution is 2.25. The number of piperidine rings is 1. The average molecular weight is 216 g/mol. The van der Waals surface area contributed by atoms with Crippen LogP contribution in [0.15, 0.2) is 30.3 Å². The number of benzene rings is 1. The molecule has 0 amide bonds. The Morgan fingerprint density at radius 2 is 1.93 bits per heavy atom. The van der Waals surface area contributed by atoms with E-state index in [-0.39, 0.29) is 18.4 Å². The van der Waals surface area contributed by atoms with Crippen molar-refractivity contribution in [2.45, 2.75) is 25.1 Å². The Balaban J connectivity index is 0.000000980. The van der Waals surface area contributed by atoms with Crippen molar-refractivity contribution in [1.29, 1.82) is 0 Å². The monoisotopic (exact) mass is 215 g/mol. The first kappa shape index (κ1) is 11.5. The smallest absolute Gasteiger partial charge is 0.120 e. The minimum absolute atomic E-state index is 0. The average Bonchev–Trinajstić information content (AvgIpc) is 2.20. The Morgan fingerprint density at radius 3 is 2.57 bits per heavy atom. The van der Waals surface area contributed by atoms with Crippen LogP contribution in [0.5, 0.6) is 0 Å². The lowest BCUT2D eigenvalue weighted by Gasteiger charge is -2.27. The minimum Gasteiger partial charge on any atom is -0.308 e. The topological polar surface area (TPSA) is 12.0 Å². The van der Waals surface area contributed by atoms with E-state index in [1.807, 2.05) is 30.3 Å². The van der Waals surface area contributed by atoms with Gasteiger partial charge in [-0.3, -0.25) is 0 Å². The van der Waals surface area contributed by atoms with Gasteiger partial charge < -0.3 is 5.32 Å². The summed E-state index contributed by atoms with van der Waals surface area (Å²) in [6, 6.07) is 9.75. The largest absolute Gasteiger partial charge is 0.308 e. The van der Waals surface area contributed by atoms with Crippen molar-refractivity contribution >= 4 is 12.4 Å². The van der Waals surface area contributed by atoms with E-state index in [0.717, 1.165) is 18.5 Å². The standard InChI is InChI=1S/C11H14FN.ClH/c12-10-7-4-8-13-11(10)9-5-2-1-3-6-9;/h1-3,5-6,10-11,13H,4,7-8H2;1H/t10-,11-;/m1./s1. The summed E-state index contributed by atoms with van der Waals surface area (Å²) in [6.07, 6.45) is 0.910. The van der Waals surface area contributed by atoms with Crippen LogP contribution in [-0.4, -0.2) is 12.7 Å². The molecule has 1 aromatic rings. The van der Waals surface area contributed by atoms with Gasteiger partial charge in [-0.05, 0) is 24.9 Å². The van der Waals surface area contributed by atoms with Crippen molar-refractivity contribution in [2.75, 3.05) is 6.54 Å². The van der Waals surface area contributed by atoms with Gasteiger partial charge in [-0.2, -0.15) is 0 Å². The van der Waals surface area contributed by atoms with Gasteiger partial charge in [-0.1, -0.05) is 30.3 Å². The van der Waals surface area contributed by atoms with Crippen LogP contribution >= 0.6 is 12.4 Å². The molecule has 1 aliphatic rings. The molecule has 1 saturated heterocycles. The van der Waals surface area contributed by atoms with Gasteiger partial charge >= 0.3 is 0 Å². The number of nitrogens with one attached hydrogen (secondary N) is 1. The first-order valence-electron chi connectivity index (χ1n) is 4.80. The molecule has 0 saturated carbocycles. The van der Waals surface area contributed by atoms with Crippen molar-refractivity contribution in [3.8, 4) is 0 Å². The number of halogens is 2. The van der Waals surface area contributed by atoms with E-state index in [0.29, 0.717) is 6.42 Å². The van der Waals surface area contributed by atoms with Crippen LogP contribution in [0.1, 0.15) is 24.4 Å². The van der Waals surface area contributed by atoms with Gasteiger partial charge in [0, 0.05) is 0 Å². The van der Waals surface area contributed by atoms with Gasteiger partial charge in [0.05, 0.1) is 6.04 Å². The molecule has 0 radical (unpaired) electrons. The summed E-state index contributed by atoms with van der Waals surface area (Å²) in [6.45, 7) is 0.931. The number of hydrogen-bond acceptors (Lipinski definition) is 1. The van der Waals surface area contributed by atoms with Gasteiger partial charge in [0.2, 0.25) is 0 Å². The Labute approximate surface area is 90.1 Å². The Morgan fingerprint density at radius 1 is 1.21 bits per heavy atom. The van der Waals surface area contributed by atoms with E-state index in [4.69, 9.17) is 0 Å². The van der Waals surface area contributed by atoms with Crippen LogP contribution in [0.2, 0.25) is 0 Å². The fourth-order valence-corrected chi connectivity index (χ4v) is 1.84. The first-order chi connectivity index (χ1) is 6.38. The van der Waals surface area contributed by atoms with Crippen molar-refractivity contribution in [2.24, 2.45) is 0 Å². The Bertz CT molecular complexity index is 265. The quantitative estimate of drug-likeness (QED) is 0.760. The Kier molecular flexibility index (Phi) is 4.36. The van der Waals surface area contributed by atoms with Gasteiger partial charge in [0.1, 0.15) is 6.17 Å². The van der Waals surface area contributed by atoms with E-state index in [2.05, 4.69) is 5.32 Å². The lowest BCUT2D eigenvalue weighted by Crippen LogP contribution is -2.35. The lowest BCUT2D eigenvalue weighted by molar-refractivity contribution is 0.201. The lowest BCUT2D eigenvalue weighted by atomic mass is 9.96. The molecular weight excluding hydrogens is 201 g/mol. The molecule has 1 N–H and O–H groups in total. The number of hydrogen-bond donors (Lipinski definition) is 1. The van der Waals surface area contributed by atoms with E-state index in [1.54, 1.807) is 0 Å². The molecule has 1 fully saturated rings. The molecule has 0 unspecified atom stereocenters. The number of alkyl halides is 1. The second kappa shape index (κ2) is 5.32. The van der Waals surface area contributed by atoms with Crippen LogP contribution in [0.4, 0.5) is 4.39 Å². The van der Waals surface area contributed by atoms with Crippen LogP contribution in [0, 0.1) is 0 Å². The van der Waals surface area contributed by atoms with Crippen molar-refractivity contribution < 1.29 is 4.39 Å². The SMILES string of the molecule is Cl.F[C@@H]1CCCN[C@@H]1c1ccccc1. The van der Waals surface area contributed by atoms with Crippen molar-refractivity contribution in [3.05, 3.63) is 35.9 Å². The Hall–Kier alpha value is -0.600. The van der Waals surface area contributed by atoms with Gasteiger partial charge in [-0.25, -0.2) is 4.39 Å². The molecule has 78 valence electrons. The highest BCUT2D eigenvalue weighted by atomic mass is 35.5. The summed E-state index contributed by atoms with van der Waals surface area (Å²) in [5.74, 6) is 0.